The zero-order chi connectivity index (χ0) is 12.2. The fourth-order valence-corrected chi connectivity index (χ4v) is 2.07. The van der Waals surface area contributed by atoms with Crippen LogP contribution >= 0.6 is 0 Å². The van der Waals surface area contributed by atoms with Gasteiger partial charge in [0.15, 0.2) is 0 Å². The lowest BCUT2D eigenvalue weighted by molar-refractivity contribution is 0.589. The fourth-order valence-electron chi connectivity index (χ4n) is 1.18. The third kappa shape index (κ3) is 3.44. The molecule has 0 atom stereocenters. The standard InChI is InChI=1S/C9H14FN3O2S/c1-2-12-16(14,15)13-8-3-4-9(10)7(5-8)6-11/h3-5,12-13H,2,6,11H2,1H3. The smallest absolute Gasteiger partial charge is 0.299 e. The summed E-state index contributed by atoms with van der Waals surface area (Å²) >= 11 is 0. The molecule has 4 N–H and O–H groups in total. The second-order valence-electron chi connectivity index (χ2n) is 3.11. The Morgan fingerprint density at radius 3 is 2.69 bits per heavy atom. The molecule has 7 heteroatoms. The second-order valence-corrected chi connectivity index (χ2v) is 4.61. The molecule has 0 aliphatic rings. The number of rotatable bonds is 5. The first-order valence-electron chi connectivity index (χ1n) is 4.74. The molecule has 0 bridgehead atoms. The molecule has 1 aromatic rings. The Balaban J connectivity index is 2.90. The van der Waals surface area contributed by atoms with Crippen molar-refractivity contribution in [2.45, 2.75) is 13.5 Å². The molecule has 0 aromatic heterocycles. The van der Waals surface area contributed by atoms with E-state index in [-0.39, 0.29) is 24.3 Å². The maximum absolute atomic E-state index is 13.1. The second kappa shape index (κ2) is 5.24. The van der Waals surface area contributed by atoms with E-state index in [1.165, 1.54) is 18.2 Å². The van der Waals surface area contributed by atoms with Crippen LogP contribution in [0.4, 0.5) is 10.1 Å². The molecule has 5 nitrogen and oxygen atoms in total. The Morgan fingerprint density at radius 1 is 1.44 bits per heavy atom. The Bertz CT molecular complexity index is 462. The lowest BCUT2D eigenvalue weighted by atomic mass is 10.2. The molecule has 0 saturated heterocycles. The highest BCUT2D eigenvalue weighted by Crippen LogP contribution is 2.15. The third-order valence-electron chi connectivity index (χ3n) is 1.85. The molecule has 0 fully saturated rings. The molecule has 0 saturated carbocycles. The maximum atomic E-state index is 13.1. The molecule has 0 aliphatic carbocycles. The van der Waals surface area contributed by atoms with E-state index >= 15 is 0 Å². The molecule has 0 amide bonds. The number of hydrogen-bond acceptors (Lipinski definition) is 3. The van der Waals surface area contributed by atoms with Crippen LogP contribution in [0.25, 0.3) is 0 Å². The molecular formula is C9H14FN3O2S. The molecule has 90 valence electrons. The monoisotopic (exact) mass is 247 g/mol. The minimum absolute atomic E-state index is 0.0165. The van der Waals surface area contributed by atoms with Crippen LogP contribution in [0, 0.1) is 5.82 Å². The van der Waals surface area contributed by atoms with Crippen molar-refractivity contribution in [1.82, 2.24) is 4.72 Å². The van der Waals surface area contributed by atoms with E-state index in [1.54, 1.807) is 6.92 Å². The number of hydrogen-bond donors (Lipinski definition) is 3. The van der Waals surface area contributed by atoms with Gasteiger partial charge in [-0.15, -0.1) is 0 Å². The number of nitrogens with two attached hydrogens (primary N) is 1. The zero-order valence-corrected chi connectivity index (χ0v) is 9.64. The largest absolute Gasteiger partial charge is 0.326 e. The molecule has 0 radical (unpaired) electrons. The Morgan fingerprint density at radius 2 is 2.12 bits per heavy atom. The molecule has 0 aliphatic heterocycles. The van der Waals surface area contributed by atoms with Gasteiger partial charge in [-0.1, -0.05) is 6.92 Å². The van der Waals surface area contributed by atoms with Crippen LogP contribution in [0.15, 0.2) is 18.2 Å². The molecular weight excluding hydrogens is 233 g/mol. The first kappa shape index (κ1) is 12.9. The highest BCUT2D eigenvalue weighted by atomic mass is 32.2. The van der Waals surface area contributed by atoms with Gasteiger partial charge in [-0.05, 0) is 18.2 Å². The van der Waals surface area contributed by atoms with E-state index in [2.05, 4.69) is 9.44 Å². The van der Waals surface area contributed by atoms with Crippen LogP contribution in [-0.4, -0.2) is 15.0 Å². The topological polar surface area (TPSA) is 84.2 Å². The van der Waals surface area contributed by atoms with Crippen LogP contribution in [-0.2, 0) is 16.8 Å². The van der Waals surface area contributed by atoms with Crippen LogP contribution in [0.1, 0.15) is 12.5 Å². The summed E-state index contributed by atoms with van der Waals surface area (Å²) in [6, 6.07) is 3.87. The summed E-state index contributed by atoms with van der Waals surface area (Å²) in [5.41, 5.74) is 5.85. The van der Waals surface area contributed by atoms with Crippen molar-refractivity contribution < 1.29 is 12.8 Å². The van der Waals surface area contributed by atoms with Gasteiger partial charge >= 0.3 is 0 Å². The van der Waals surface area contributed by atoms with Crippen LogP contribution in [0.5, 0.6) is 0 Å². The van der Waals surface area contributed by atoms with Crippen LogP contribution < -0.4 is 15.2 Å². The molecule has 1 rings (SSSR count). The van der Waals surface area contributed by atoms with Crippen molar-refractivity contribution in [3.05, 3.63) is 29.6 Å². The van der Waals surface area contributed by atoms with Gasteiger partial charge in [0, 0.05) is 18.7 Å². The molecule has 1 aromatic carbocycles. The van der Waals surface area contributed by atoms with Crippen molar-refractivity contribution >= 4 is 15.9 Å². The SMILES string of the molecule is CCNS(=O)(=O)Nc1ccc(F)c(CN)c1. The van der Waals surface area contributed by atoms with Gasteiger partial charge in [-0.3, -0.25) is 4.72 Å². The quantitative estimate of drug-likeness (QED) is 0.710. The lowest BCUT2D eigenvalue weighted by Crippen LogP contribution is -2.29. The minimum Gasteiger partial charge on any atom is -0.326 e. The van der Waals surface area contributed by atoms with Crippen molar-refractivity contribution in [3.8, 4) is 0 Å². The van der Waals surface area contributed by atoms with Gasteiger partial charge in [0.2, 0.25) is 0 Å². The summed E-state index contributed by atoms with van der Waals surface area (Å²) in [7, 11) is -3.59. The zero-order valence-electron chi connectivity index (χ0n) is 8.83. The third-order valence-corrected chi connectivity index (χ3v) is 3.03. The predicted molar refractivity (Wildman–Crippen MR) is 60.5 cm³/mol. The number of anilines is 1. The first-order chi connectivity index (χ1) is 7.48. The van der Waals surface area contributed by atoms with E-state index in [1.807, 2.05) is 0 Å². The van der Waals surface area contributed by atoms with E-state index < -0.39 is 16.0 Å². The molecule has 0 heterocycles. The van der Waals surface area contributed by atoms with Gasteiger partial charge in [-0.25, -0.2) is 4.39 Å². The predicted octanol–water partition coefficient (Wildman–Crippen LogP) is 0.551. The van der Waals surface area contributed by atoms with E-state index in [4.69, 9.17) is 5.73 Å². The van der Waals surface area contributed by atoms with Gasteiger partial charge < -0.3 is 5.73 Å². The number of benzene rings is 1. The van der Waals surface area contributed by atoms with Crippen LogP contribution in [0.3, 0.4) is 0 Å². The fraction of sp³-hybridized carbons (Fsp3) is 0.333. The summed E-state index contributed by atoms with van der Waals surface area (Å²) in [6.07, 6.45) is 0. The summed E-state index contributed by atoms with van der Waals surface area (Å²) in [5, 5.41) is 0. The minimum atomic E-state index is -3.59. The van der Waals surface area contributed by atoms with E-state index in [0.717, 1.165) is 0 Å². The van der Waals surface area contributed by atoms with Crippen molar-refractivity contribution in [2.24, 2.45) is 5.73 Å². The number of halogens is 1. The molecule has 0 unspecified atom stereocenters. The molecule has 0 spiro atoms. The lowest BCUT2D eigenvalue weighted by Gasteiger charge is -2.09. The summed E-state index contributed by atoms with van der Waals surface area (Å²) in [6.45, 7) is 1.96. The highest BCUT2D eigenvalue weighted by Gasteiger charge is 2.09. The summed E-state index contributed by atoms with van der Waals surface area (Å²) in [4.78, 5) is 0. The maximum Gasteiger partial charge on any atom is 0.299 e. The van der Waals surface area contributed by atoms with Crippen molar-refractivity contribution in [2.75, 3.05) is 11.3 Å². The van der Waals surface area contributed by atoms with E-state index in [0.29, 0.717) is 0 Å². The average molecular weight is 247 g/mol. The average Bonchev–Trinajstić information content (AvgIpc) is 2.20. The first-order valence-corrected chi connectivity index (χ1v) is 6.22. The Labute approximate surface area is 94.0 Å². The van der Waals surface area contributed by atoms with Gasteiger partial charge in [0.05, 0.1) is 5.69 Å². The normalized spacial score (nSPS) is 11.4. The highest BCUT2D eigenvalue weighted by molar-refractivity contribution is 7.90. The van der Waals surface area contributed by atoms with E-state index in [9.17, 15) is 12.8 Å². The van der Waals surface area contributed by atoms with Crippen LogP contribution in [0.2, 0.25) is 0 Å². The number of nitrogens with one attached hydrogen (secondary N) is 2. The Kier molecular flexibility index (Phi) is 4.22. The van der Waals surface area contributed by atoms with Gasteiger partial charge in [0.1, 0.15) is 5.82 Å². The Hall–Kier alpha value is -1.18. The summed E-state index contributed by atoms with van der Waals surface area (Å²) in [5.74, 6) is -0.450. The van der Waals surface area contributed by atoms with Crippen molar-refractivity contribution in [3.63, 3.8) is 0 Å². The summed E-state index contributed by atoms with van der Waals surface area (Å²) < 4.78 is 40.3. The van der Waals surface area contributed by atoms with Gasteiger partial charge in [0.25, 0.3) is 10.2 Å². The van der Waals surface area contributed by atoms with Crippen molar-refractivity contribution in [1.29, 1.82) is 0 Å². The van der Waals surface area contributed by atoms with Gasteiger partial charge in [-0.2, -0.15) is 13.1 Å². The molecule has 16 heavy (non-hydrogen) atoms.